The summed E-state index contributed by atoms with van der Waals surface area (Å²) in [5.74, 6) is 0.583. The van der Waals surface area contributed by atoms with Gasteiger partial charge in [0.1, 0.15) is 5.75 Å². The van der Waals surface area contributed by atoms with E-state index in [-0.39, 0.29) is 5.11 Å². The van der Waals surface area contributed by atoms with Crippen LogP contribution in [0.2, 0.25) is 0 Å². The van der Waals surface area contributed by atoms with Crippen molar-refractivity contribution in [3.05, 3.63) is 24.3 Å². The number of anilines is 1. The van der Waals surface area contributed by atoms with E-state index < -0.39 is 10.0 Å². The monoisotopic (exact) mass is 260 g/mol. The second-order valence-electron chi connectivity index (χ2n) is 3.03. The maximum absolute atomic E-state index is 10.9. The van der Waals surface area contributed by atoms with Crippen LogP contribution in [-0.2, 0) is 10.0 Å². The third kappa shape index (κ3) is 4.03. The van der Waals surface area contributed by atoms with Gasteiger partial charge in [-0.2, -0.15) is 0 Å². The van der Waals surface area contributed by atoms with Gasteiger partial charge in [-0.1, -0.05) is 12.1 Å². The second-order valence-corrected chi connectivity index (χ2v) is 5.19. The molecule has 1 rings (SSSR count). The third-order valence-corrected chi connectivity index (χ3v) is 2.54. The van der Waals surface area contributed by atoms with Crippen LogP contribution in [0.5, 0.6) is 5.75 Å². The van der Waals surface area contributed by atoms with E-state index in [4.69, 9.17) is 17.0 Å². The lowest BCUT2D eigenvalue weighted by atomic mass is 10.3. The van der Waals surface area contributed by atoms with Gasteiger partial charge in [0, 0.05) is 0 Å². The maximum Gasteiger partial charge on any atom is 0.231 e. The molecule has 5 nitrogen and oxygen atoms in total. The molecule has 7 heteroatoms. The fourth-order valence-corrected chi connectivity index (χ4v) is 2.02. The highest BCUT2D eigenvalue weighted by atomic mass is 32.2. The Bertz CT molecular complexity index is 485. The molecular weight excluding hydrogens is 248 g/mol. The van der Waals surface area contributed by atoms with Gasteiger partial charge in [-0.05, 0) is 24.4 Å². The minimum Gasteiger partial charge on any atom is -0.495 e. The molecule has 0 saturated carbocycles. The average Bonchev–Trinajstić information content (AvgIpc) is 2.15. The molecule has 0 amide bonds. The van der Waals surface area contributed by atoms with Gasteiger partial charge >= 0.3 is 0 Å². The fraction of sp³-hybridized carbons (Fsp3) is 0.222. The van der Waals surface area contributed by atoms with Crippen LogP contribution in [0, 0.1) is 0 Å². The summed E-state index contributed by atoms with van der Waals surface area (Å²) in [5, 5.41) is 2.74. The molecule has 0 aliphatic rings. The van der Waals surface area contributed by atoms with Gasteiger partial charge in [-0.3, -0.25) is 4.72 Å². The Morgan fingerprint density at radius 3 is 2.56 bits per heavy atom. The summed E-state index contributed by atoms with van der Waals surface area (Å²) >= 11 is 4.83. The number of sulfonamides is 1. The van der Waals surface area contributed by atoms with Crippen molar-refractivity contribution in [1.29, 1.82) is 0 Å². The molecule has 1 aromatic rings. The smallest absolute Gasteiger partial charge is 0.231 e. The zero-order valence-electron chi connectivity index (χ0n) is 8.85. The lowest BCUT2D eigenvalue weighted by Gasteiger charge is -2.11. The molecule has 88 valence electrons. The van der Waals surface area contributed by atoms with Crippen molar-refractivity contribution in [3.8, 4) is 5.75 Å². The molecule has 0 saturated heterocycles. The molecule has 0 radical (unpaired) electrons. The van der Waals surface area contributed by atoms with Crippen LogP contribution in [0.25, 0.3) is 0 Å². The van der Waals surface area contributed by atoms with E-state index in [2.05, 4.69) is 10.0 Å². The normalized spacial score (nSPS) is 10.6. The Balaban J connectivity index is 2.77. The number of nitrogens with one attached hydrogen (secondary N) is 2. The van der Waals surface area contributed by atoms with E-state index >= 15 is 0 Å². The lowest BCUT2D eigenvalue weighted by Crippen LogP contribution is -2.33. The van der Waals surface area contributed by atoms with Gasteiger partial charge < -0.3 is 10.1 Å². The highest BCUT2D eigenvalue weighted by Crippen LogP contribution is 2.22. The minimum atomic E-state index is -3.36. The zero-order chi connectivity index (χ0) is 12.2. The molecule has 0 unspecified atom stereocenters. The van der Waals surface area contributed by atoms with Crippen molar-refractivity contribution >= 4 is 33.0 Å². The first-order valence-electron chi connectivity index (χ1n) is 4.34. The summed E-state index contributed by atoms with van der Waals surface area (Å²) in [5.41, 5.74) is 0.603. The first-order chi connectivity index (χ1) is 7.42. The Morgan fingerprint density at radius 1 is 1.38 bits per heavy atom. The predicted molar refractivity (Wildman–Crippen MR) is 67.2 cm³/mol. The van der Waals surface area contributed by atoms with Gasteiger partial charge in [0.25, 0.3) is 0 Å². The summed E-state index contributed by atoms with van der Waals surface area (Å²) in [6, 6.07) is 7.06. The summed E-state index contributed by atoms with van der Waals surface area (Å²) in [6.45, 7) is 0. The quantitative estimate of drug-likeness (QED) is 0.792. The van der Waals surface area contributed by atoms with Crippen molar-refractivity contribution in [1.82, 2.24) is 4.72 Å². The number of hydrogen-bond donors (Lipinski definition) is 2. The number of para-hydroxylation sites is 2. The van der Waals surface area contributed by atoms with Gasteiger partial charge in [0.15, 0.2) is 5.11 Å². The Hall–Kier alpha value is -1.34. The molecule has 0 aromatic heterocycles. The molecule has 0 aliphatic carbocycles. The number of rotatable bonds is 3. The Labute approximate surface area is 99.9 Å². The first-order valence-corrected chi connectivity index (χ1v) is 6.64. The van der Waals surface area contributed by atoms with E-state index in [1.165, 1.54) is 7.11 Å². The van der Waals surface area contributed by atoms with Crippen molar-refractivity contribution in [2.24, 2.45) is 0 Å². The van der Waals surface area contributed by atoms with Gasteiger partial charge in [-0.15, -0.1) is 0 Å². The van der Waals surface area contributed by atoms with E-state index in [0.29, 0.717) is 11.4 Å². The van der Waals surface area contributed by atoms with E-state index in [1.807, 2.05) is 0 Å². The van der Waals surface area contributed by atoms with Crippen LogP contribution in [0.15, 0.2) is 24.3 Å². The largest absolute Gasteiger partial charge is 0.495 e. The molecular formula is C9H12N2O3S2. The second kappa shape index (κ2) is 5.13. The number of ether oxygens (including phenoxy) is 1. The van der Waals surface area contributed by atoms with Crippen LogP contribution in [0.1, 0.15) is 0 Å². The molecule has 0 aliphatic heterocycles. The summed E-state index contributed by atoms with van der Waals surface area (Å²) in [7, 11) is -1.84. The van der Waals surface area contributed by atoms with E-state index in [9.17, 15) is 8.42 Å². The van der Waals surface area contributed by atoms with Crippen LogP contribution in [0.4, 0.5) is 5.69 Å². The Kier molecular flexibility index (Phi) is 4.08. The topological polar surface area (TPSA) is 67.4 Å². The number of hydrogen-bond acceptors (Lipinski definition) is 4. The average molecular weight is 260 g/mol. The van der Waals surface area contributed by atoms with Gasteiger partial charge in [-0.25, -0.2) is 8.42 Å². The first kappa shape index (κ1) is 12.7. The highest BCUT2D eigenvalue weighted by Gasteiger charge is 2.07. The molecule has 0 spiro atoms. The van der Waals surface area contributed by atoms with Crippen LogP contribution in [-0.4, -0.2) is 26.9 Å². The summed E-state index contributed by atoms with van der Waals surface area (Å²) in [6.07, 6.45) is 1.03. The minimum absolute atomic E-state index is 0.00648. The standard InChI is InChI=1S/C9H12N2O3S2/c1-14-8-6-4-3-5-7(8)10-9(15)11-16(2,12)13/h3-6H,1-2H3,(H2,10,11,15). The molecule has 2 N–H and O–H groups in total. The van der Waals surface area contributed by atoms with Gasteiger partial charge in [0.05, 0.1) is 19.1 Å². The number of methoxy groups -OCH3 is 1. The van der Waals surface area contributed by atoms with Crippen molar-refractivity contribution in [3.63, 3.8) is 0 Å². The fourth-order valence-electron chi connectivity index (χ4n) is 1.06. The molecule has 0 heterocycles. The Morgan fingerprint density at radius 2 is 2.00 bits per heavy atom. The highest BCUT2D eigenvalue weighted by molar-refractivity contribution is 7.91. The molecule has 0 fully saturated rings. The van der Waals surface area contributed by atoms with E-state index in [0.717, 1.165) is 6.26 Å². The van der Waals surface area contributed by atoms with Crippen molar-refractivity contribution in [2.75, 3.05) is 18.7 Å². The van der Waals surface area contributed by atoms with Crippen LogP contribution < -0.4 is 14.8 Å². The molecule has 16 heavy (non-hydrogen) atoms. The van der Waals surface area contributed by atoms with Crippen molar-refractivity contribution < 1.29 is 13.2 Å². The zero-order valence-corrected chi connectivity index (χ0v) is 10.5. The predicted octanol–water partition coefficient (Wildman–Crippen LogP) is 0.941. The maximum atomic E-state index is 10.9. The van der Waals surface area contributed by atoms with E-state index in [1.54, 1.807) is 24.3 Å². The third-order valence-electron chi connectivity index (χ3n) is 1.63. The van der Waals surface area contributed by atoms with Crippen LogP contribution in [0.3, 0.4) is 0 Å². The SMILES string of the molecule is COc1ccccc1NC(=S)NS(C)(=O)=O. The van der Waals surface area contributed by atoms with Gasteiger partial charge in [0.2, 0.25) is 10.0 Å². The lowest BCUT2D eigenvalue weighted by molar-refractivity contribution is 0.417. The molecule has 0 bridgehead atoms. The van der Waals surface area contributed by atoms with Crippen molar-refractivity contribution in [2.45, 2.75) is 0 Å². The molecule has 1 aromatic carbocycles. The number of thiocarbonyl (C=S) groups is 1. The summed E-state index contributed by atoms with van der Waals surface area (Å²) < 4.78 is 29.1. The van der Waals surface area contributed by atoms with Crippen LogP contribution >= 0.6 is 12.2 Å². The number of benzene rings is 1. The summed E-state index contributed by atoms with van der Waals surface area (Å²) in [4.78, 5) is 0. The molecule has 0 atom stereocenters.